The summed E-state index contributed by atoms with van der Waals surface area (Å²) in [4.78, 5) is 28.2. The zero-order valence-corrected chi connectivity index (χ0v) is 10.4. The van der Waals surface area contributed by atoms with Crippen molar-refractivity contribution in [3.63, 3.8) is 0 Å². The molecule has 1 saturated heterocycles. The van der Waals surface area contributed by atoms with Gasteiger partial charge in [0.05, 0.1) is 0 Å². The van der Waals surface area contributed by atoms with E-state index in [0.29, 0.717) is 18.8 Å². The lowest BCUT2D eigenvalue weighted by molar-refractivity contribution is -0.127. The average Bonchev–Trinajstić information content (AvgIpc) is 2.28. The topological polar surface area (TPSA) is 50.3 Å². The maximum absolute atomic E-state index is 11.8. The molecular formula is C11H11BrN2O2. The van der Waals surface area contributed by atoms with Crippen molar-refractivity contribution in [2.24, 2.45) is 0 Å². The number of nitrogens with zero attached hydrogens (tertiary/aromatic N) is 2. The number of pyridine rings is 1. The van der Waals surface area contributed by atoms with Gasteiger partial charge in [0, 0.05) is 19.2 Å². The Morgan fingerprint density at radius 3 is 2.81 bits per heavy atom. The minimum absolute atomic E-state index is 0.0617. The Morgan fingerprint density at radius 2 is 2.19 bits per heavy atom. The minimum atomic E-state index is -0.718. The summed E-state index contributed by atoms with van der Waals surface area (Å²) in [6, 6.07) is 3.69. The first-order valence-electron chi connectivity index (χ1n) is 5.00. The van der Waals surface area contributed by atoms with Gasteiger partial charge in [-0.05, 0) is 18.6 Å². The van der Waals surface area contributed by atoms with E-state index in [1.165, 1.54) is 0 Å². The van der Waals surface area contributed by atoms with E-state index in [1.807, 2.05) is 13.0 Å². The molecule has 1 aliphatic rings. The molecule has 84 valence electrons. The van der Waals surface area contributed by atoms with Crippen LogP contribution in [0.2, 0.25) is 0 Å². The predicted octanol–water partition coefficient (Wildman–Crippen LogP) is 1.46. The third-order valence-corrected chi connectivity index (χ3v) is 3.42. The molecule has 1 atom stereocenters. The Labute approximate surface area is 102 Å². The van der Waals surface area contributed by atoms with Gasteiger partial charge in [0.15, 0.2) is 10.6 Å². The number of carbonyl (C=O) groups is 2. The average molecular weight is 283 g/mol. The molecule has 1 aromatic heterocycles. The Bertz CT molecular complexity index is 430. The fraction of sp³-hybridized carbons (Fsp3) is 0.364. The van der Waals surface area contributed by atoms with E-state index >= 15 is 0 Å². The quantitative estimate of drug-likeness (QED) is 0.579. The summed E-state index contributed by atoms with van der Waals surface area (Å²) in [5.41, 5.74) is 1.04. The molecule has 0 aliphatic carbocycles. The molecule has 0 radical (unpaired) electrons. The Hall–Kier alpha value is -1.23. The fourth-order valence-corrected chi connectivity index (χ4v) is 2.06. The van der Waals surface area contributed by atoms with Gasteiger partial charge in [0.1, 0.15) is 5.82 Å². The van der Waals surface area contributed by atoms with Crippen LogP contribution in [-0.2, 0) is 9.59 Å². The highest BCUT2D eigenvalue weighted by atomic mass is 79.9. The molecule has 16 heavy (non-hydrogen) atoms. The lowest BCUT2D eigenvalue weighted by Crippen LogP contribution is -2.47. The molecule has 0 saturated carbocycles. The minimum Gasteiger partial charge on any atom is -0.298 e. The summed E-state index contributed by atoms with van der Waals surface area (Å²) in [7, 11) is 0. The van der Waals surface area contributed by atoms with Crippen LogP contribution in [0.3, 0.4) is 0 Å². The first-order chi connectivity index (χ1) is 7.59. The lowest BCUT2D eigenvalue weighted by atomic mass is 10.1. The van der Waals surface area contributed by atoms with Gasteiger partial charge in [0.2, 0.25) is 5.91 Å². The second-order valence-corrected chi connectivity index (χ2v) is 4.68. The van der Waals surface area contributed by atoms with Crippen LogP contribution in [0.1, 0.15) is 12.0 Å². The summed E-state index contributed by atoms with van der Waals surface area (Å²) in [6.07, 6.45) is 2.08. The summed E-state index contributed by atoms with van der Waals surface area (Å²) in [5.74, 6) is 0.313. The number of alkyl halides is 1. The van der Waals surface area contributed by atoms with E-state index in [1.54, 1.807) is 17.2 Å². The van der Waals surface area contributed by atoms with Crippen molar-refractivity contribution in [1.29, 1.82) is 0 Å². The Balaban J connectivity index is 2.25. The van der Waals surface area contributed by atoms with Crippen LogP contribution in [0.5, 0.6) is 0 Å². The van der Waals surface area contributed by atoms with Gasteiger partial charge < -0.3 is 0 Å². The molecule has 5 heteroatoms. The zero-order valence-electron chi connectivity index (χ0n) is 8.81. The van der Waals surface area contributed by atoms with E-state index < -0.39 is 4.83 Å². The molecule has 1 unspecified atom stereocenters. The number of Topliss-reactive ketones (excluding diaryl/α,β-unsaturated/α-hetero) is 1. The van der Waals surface area contributed by atoms with Crippen molar-refractivity contribution in [2.75, 3.05) is 11.4 Å². The third kappa shape index (κ3) is 2.00. The number of rotatable bonds is 1. The number of piperidine rings is 1. The highest BCUT2D eigenvalue weighted by Crippen LogP contribution is 2.21. The number of hydrogen-bond donors (Lipinski definition) is 0. The molecular weight excluding hydrogens is 272 g/mol. The van der Waals surface area contributed by atoms with Gasteiger partial charge in [-0.3, -0.25) is 14.5 Å². The van der Waals surface area contributed by atoms with Crippen LogP contribution in [-0.4, -0.2) is 28.0 Å². The van der Waals surface area contributed by atoms with Crippen molar-refractivity contribution in [1.82, 2.24) is 4.98 Å². The van der Waals surface area contributed by atoms with Crippen LogP contribution in [0.4, 0.5) is 5.82 Å². The number of ketones is 1. The van der Waals surface area contributed by atoms with Gasteiger partial charge in [-0.15, -0.1) is 0 Å². The normalized spacial score (nSPS) is 21.4. The summed E-state index contributed by atoms with van der Waals surface area (Å²) in [6.45, 7) is 2.35. The first kappa shape index (κ1) is 11.3. The van der Waals surface area contributed by atoms with E-state index in [-0.39, 0.29) is 11.7 Å². The molecule has 1 fully saturated rings. The molecule has 1 aliphatic heterocycles. The zero-order chi connectivity index (χ0) is 11.7. The van der Waals surface area contributed by atoms with Crippen LogP contribution in [0.15, 0.2) is 18.3 Å². The highest BCUT2D eigenvalue weighted by Gasteiger charge is 2.34. The predicted molar refractivity (Wildman–Crippen MR) is 63.7 cm³/mol. The molecule has 0 spiro atoms. The van der Waals surface area contributed by atoms with E-state index in [9.17, 15) is 9.59 Å². The largest absolute Gasteiger partial charge is 0.298 e. The monoisotopic (exact) mass is 282 g/mol. The molecule has 4 nitrogen and oxygen atoms in total. The molecule has 2 rings (SSSR count). The number of amides is 1. The maximum Gasteiger partial charge on any atom is 0.249 e. The summed E-state index contributed by atoms with van der Waals surface area (Å²) < 4.78 is 0. The Kier molecular flexibility index (Phi) is 3.05. The van der Waals surface area contributed by atoms with Crippen molar-refractivity contribution in [2.45, 2.75) is 18.2 Å². The third-order valence-electron chi connectivity index (χ3n) is 2.52. The van der Waals surface area contributed by atoms with Gasteiger partial charge in [-0.2, -0.15) is 0 Å². The molecule has 2 heterocycles. The summed E-state index contributed by atoms with van der Waals surface area (Å²) >= 11 is 3.10. The van der Waals surface area contributed by atoms with Crippen molar-refractivity contribution >= 4 is 33.4 Å². The van der Waals surface area contributed by atoms with Crippen LogP contribution in [0, 0.1) is 6.92 Å². The van der Waals surface area contributed by atoms with E-state index in [2.05, 4.69) is 20.9 Å². The number of hydrogen-bond acceptors (Lipinski definition) is 3. The van der Waals surface area contributed by atoms with E-state index in [4.69, 9.17) is 0 Å². The number of halogens is 1. The Morgan fingerprint density at radius 1 is 1.44 bits per heavy atom. The standard InChI is InChI=1S/C11H11BrN2O2/c1-7-2-3-9(13-6-7)14-5-4-8(15)10(12)11(14)16/h2-3,6,10H,4-5H2,1H3. The van der Waals surface area contributed by atoms with Crippen LogP contribution in [0.25, 0.3) is 0 Å². The van der Waals surface area contributed by atoms with Crippen LogP contribution < -0.4 is 4.90 Å². The number of aromatic nitrogens is 1. The molecule has 0 N–H and O–H groups in total. The molecule has 1 aromatic rings. The second-order valence-electron chi connectivity index (χ2n) is 3.76. The highest BCUT2D eigenvalue weighted by molar-refractivity contribution is 9.10. The van der Waals surface area contributed by atoms with E-state index in [0.717, 1.165) is 5.56 Å². The van der Waals surface area contributed by atoms with Crippen molar-refractivity contribution < 1.29 is 9.59 Å². The first-order valence-corrected chi connectivity index (χ1v) is 5.92. The van der Waals surface area contributed by atoms with Crippen LogP contribution >= 0.6 is 15.9 Å². The van der Waals surface area contributed by atoms with Crippen molar-refractivity contribution in [3.05, 3.63) is 23.9 Å². The maximum atomic E-state index is 11.8. The molecule has 0 bridgehead atoms. The summed E-state index contributed by atoms with van der Waals surface area (Å²) in [5, 5.41) is 0. The van der Waals surface area contributed by atoms with Gasteiger partial charge in [0.25, 0.3) is 0 Å². The second kappa shape index (κ2) is 4.33. The molecule has 1 amide bonds. The number of aryl methyl sites for hydroxylation is 1. The van der Waals surface area contributed by atoms with Crippen molar-refractivity contribution in [3.8, 4) is 0 Å². The van der Waals surface area contributed by atoms with Gasteiger partial charge in [-0.25, -0.2) is 4.98 Å². The lowest BCUT2D eigenvalue weighted by Gasteiger charge is -2.27. The SMILES string of the molecule is Cc1ccc(N2CCC(=O)C(Br)C2=O)nc1. The smallest absolute Gasteiger partial charge is 0.249 e. The van der Waals surface area contributed by atoms with Gasteiger partial charge >= 0.3 is 0 Å². The fourth-order valence-electron chi connectivity index (χ4n) is 1.58. The van der Waals surface area contributed by atoms with Gasteiger partial charge in [-0.1, -0.05) is 22.0 Å². The number of anilines is 1. The number of carbonyl (C=O) groups excluding carboxylic acids is 2. The molecule has 0 aromatic carbocycles.